The molecule has 1 fully saturated rings. The van der Waals surface area contributed by atoms with Crippen LogP contribution in [0.4, 0.5) is 18.3 Å². The number of fused-ring (bicyclic) bond motifs is 4. The summed E-state index contributed by atoms with van der Waals surface area (Å²) in [5, 5.41) is 2.89. The van der Waals surface area contributed by atoms with E-state index >= 15 is 0 Å². The molecule has 9 nitrogen and oxygen atoms in total. The molecule has 2 aromatic heterocycles. The molecule has 0 atom stereocenters. The first kappa shape index (κ1) is 24.6. The van der Waals surface area contributed by atoms with E-state index in [-0.39, 0.29) is 28.2 Å². The van der Waals surface area contributed by atoms with Gasteiger partial charge in [0, 0.05) is 18.4 Å². The molecule has 2 aliphatic heterocycles. The first-order chi connectivity index (χ1) is 17.1. The van der Waals surface area contributed by atoms with Crippen LogP contribution in [0.5, 0.6) is 17.5 Å². The van der Waals surface area contributed by atoms with E-state index in [1.807, 2.05) is 0 Å². The van der Waals surface area contributed by atoms with Crippen LogP contribution in [-0.2, 0) is 23.0 Å². The monoisotopic (exact) mass is 540 g/mol. The van der Waals surface area contributed by atoms with E-state index in [2.05, 4.69) is 20.3 Å². The zero-order valence-corrected chi connectivity index (χ0v) is 20.6. The highest BCUT2D eigenvalue weighted by molar-refractivity contribution is 7.91. The summed E-state index contributed by atoms with van der Waals surface area (Å²) < 4.78 is 68.7. The zero-order chi connectivity index (χ0) is 25.7. The van der Waals surface area contributed by atoms with Gasteiger partial charge in [0.2, 0.25) is 11.8 Å². The molecule has 0 unspecified atom stereocenters. The van der Waals surface area contributed by atoms with E-state index < -0.39 is 34.4 Å². The maximum absolute atomic E-state index is 13.4. The predicted octanol–water partition coefficient (Wildman–Crippen LogP) is 4.02. The van der Waals surface area contributed by atoms with Crippen molar-refractivity contribution in [2.75, 3.05) is 31.0 Å². The van der Waals surface area contributed by atoms with Gasteiger partial charge in [-0.1, -0.05) is 22.5 Å². The number of carbonyl (C=O) groups excluding carboxylic acids is 1. The summed E-state index contributed by atoms with van der Waals surface area (Å²) in [5.41, 5.74) is -0.988. The van der Waals surface area contributed by atoms with Crippen molar-refractivity contribution in [1.82, 2.24) is 15.0 Å². The third kappa shape index (κ3) is 4.22. The minimum atomic E-state index is -4.54. The Morgan fingerprint density at radius 2 is 1.86 bits per heavy atom. The summed E-state index contributed by atoms with van der Waals surface area (Å²) in [6, 6.07) is 3.29. The van der Waals surface area contributed by atoms with Crippen molar-refractivity contribution in [2.45, 2.75) is 24.6 Å². The number of methoxy groups -OCH3 is 2. The van der Waals surface area contributed by atoms with Crippen molar-refractivity contribution in [1.29, 1.82) is 0 Å². The normalized spacial score (nSPS) is 20.8. The second-order valence-electron chi connectivity index (χ2n) is 8.07. The van der Waals surface area contributed by atoms with Crippen LogP contribution in [-0.4, -0.2) is 51.1 Å². The summed E-state index contributed by atoms with van der Waals surface area (Å²) in [7, 11) is 2.70. The molecule has 0 saturated carbocycles. The van der Waals surface area contributed by atoms with E-state index in [9.17, 15) is 22.5 Å². The molecule has 1 spiro atoms. The zero-order valence-electron chi connectivity index (χ0n) is 19.0. The highest BCUT2D eigenvalue weighted by Gasteiger charge is 2.48. The fourth-order valence-electron chi connectivity index (χ4n) is 4.24. The third-order valence-electron chi connectivity index (χ3n) is 6.00. The van der Waals surface area contributed by atoms with E-state index in [0.29, 0.717) is 40.5 Å². The lowest BCUT2D eigenvalue weighted by atomic mass is 9.87. The average Bonchev–Trinajstić information content (AvgIpc) is 3.29. The van der Waals surface area contributed by atoms with Crippen molar-refractivity contribution in [3.8, 4) is 28.0 Å². The van der Waals surface area contributed by atoms with Crippen molar-refractivity contribution < 1.29 is 36.7 Å². The molecule has 1 N–H and O–H groups in total. The average molecular weight is 541 g/mol. The number of alkyl halides is 3. The van der Waals surface area contributed by atoms with Crippen LogP contribution in [0.25, 0.3) is 10.4 Å². The van der Waals surface area contributed by atoms with Crippen LogP contribution in [0.1, 0.15) is 34.5 Å². The van der Waals surface area contributed by atoms with Crippen LogP contribution in [0.2, 0.25) is 0 Å². The van der Waals surface area contributed by atoms with Gasteiger partial charge in [-0.15, -0.1) is 0 Å². The van der Waals surface area contributed by atoms with Gasteiger partial charge in [-0.2, -0.15) is 13.2 Å². The molecule has 5 rings (SSSR count). The van der Waals surface area contributed by atoms with Crippen molar-refractivity contribution in [3.05, 3.63) is 41.3 Å². The third-order valence-corrected chi connectivity index (χ3v) is 8.32. The van der Waals surface area contributed by atoms with E-state index in [1.54, 1.807) is 0 Å². The van der Waals surface area contributed by atoms with Crippen molar-refractivity contribution in [3.63, 3.8) is 0 Å². The number of anilines is 1. The van der Waals surface area contributed by atoms with Gasteiger partial charge in [0.25, 0.3) is 5.91 Å². The van der Waals surface area contributed by atoms with Gasteiger partial charge in [0.15, 0.2) is 16.3 Å². The van der Waals surface area contributed by atoms with Crippen LogP contribution in [0.15, 0.2) is 24.5 Å². The number of ether oxygens (including phenoxy) is 3. The number of amides is 1. The molecule has 3 aromatic rings. The Morgan fingerprint density at radius 3 is 2.47 bits per heavy atom. The Bertz CT molecular complexity index is 1300. The quantitative estimate of drug-likeness (QED) is 0.493. The number of benzene rings is 1. The highest BCUT2D eigenvalue weighted by Crippen LogP contribution is 2.53. The Labute approximate surface area is 210 Å². The molecule has 190 valence electrons. The lowest BCUT2D eigenvalue weighted by Crippen LogP contribution is -2.43. The standard InChI is InChI=1S/C22H19F3N4O5S2/c1-32-18-14(19(33-2)27-10-26-18)17(30)29-20-28-16-15(35-20)12-4-3-11(22(23,24)25)9-13(12)34-21(16)5-7-36(31)8-6-21/h3-4,9-10H,5-8H2,1-2H3,(H,28,29,30). The summed E-state index contributed by atoms with van der Waals surface area (Å²) >= 11 is 0.0555. The van der Waals surface area contributed by atoms with E-state index in [0.717, 1.165) is 23.5 Å². The minimum absolute atomic E-state index is 0.000239. The Kier molecular flexibility index (Phi) is 6.21. The molecular formula is C22H19F3N4O5S2. The number of thiazole rings is 1. The van der Waals surface area contributed by atoms with Crippen LogP contribution in [0.3, 0.4) is 0 Å². The predicted molar refractivity (Wildman–Crippen MR) is 125 cm³/mol. The molecule has 0 bridgehead atoms. The first-order valence-electron chi connectivity index (χ1n) is 10.7. The molecule has 1 saturated heterocycles. The van der Waals surface area contributed by atoms with Gasteiger partial charge < -0.3 is 18.8 Å². The molecule has 2 aliphatic rings. The molecule has 4 heterocycles. The Hall–Kier alpha value is -3.10. The molecule has 1 aromatic carbocycles. The maximum atomic E-state index is 13.4. The second kappa shape index (κ2) is 9.09. The van der Waals surface area contributed by atoms with Crippen molar-refractivity contribution >= 4 is 33.6 Å². The summed E-state index contributed by atoms with van der Waals surface area (Å²) in [6.07, 6.45) is -2.72. The smallest absolute Gasteiger partial charge is 0.416 e. The molecular weight excluding hydrogens is 521 g/mol. The van der Waals surface area contributed by atoms with Gasteiger partial charge in [-0.05, 0) is 18.2 Å². The Balaban J connectivity index is 1.57. The van der Waals surface area contributed by atoms with Gasteiger partial charge >= 0.3 is 6.18 Å². The number of nitrogens with one attached hydrogen (secondary N) is 1. The first-order valence-corrected chi connectivity index (χ1v) is 13.0. The topological polar surface area (TPSA) is 119 Å². The summed E-state index contributed by atoms with van der Waals surface area (Å²) in [6.45, 7) is 0. The van der Waals surface area contributed by atoms with E-state index in [1.165, 1.54) is 26.6 Å². The van der Waals surface area contributed by atoms with Gasteiger partial charge in [0.1, 0.15) is 29.3 Å². The fraction of sp³-hybridized carbons (Fsp3) is 0.364. The fourth-order valence-corrected chi connectivity index (χ4v) is 6.64. The number of nitrogens with zero attached hydrogens (tertiary/aromatic N) is 3. The van der Waals surface area contributed by atoms with E-state index in [4.69, 9.17) is 14.2 Å². The lowest BCUT2D eigenvalue weighted by Gasteiger charge is -2.40. The SMILES string of the molecule is COc1ncnc(OC)c1C(=O)Nc1nc2c(s1)-c1ccc(C(F)(F)F)cc1OC21CC[S+]([O-])CC1. The number of rotatable bonds is 4. The number of hydrogen-bond acceptors (Lipinski definition) is 9. The number of aromatic nitrogens is 3. The Morgan fingerprint density at radius 1 is 1.19 bits per heavy atom. The van der Waals surface area contributed by atoms with Gasteiger partial charge in [-0.25, -0.2) is 15.0 Å². The largest absolute Gasteiger partial charge is 0.616 e. The van der Waals surface area contributed by atoms with Crippen molar-refractivity contribution in [2.24, 2.45) is 0 Å². The van der Waals surface area contributed by atoms with Crippen LogP contribution < -0.4 is 19.5 Å². The number of hydrogen-bond donors (Lipinski definition) is 1. The summed E-state index contributed by atoms with van der Waals surface area (Å²) in [5.74, 6) is 0.0837. The lowest BCUT2D eigenvalue weighted by molar-refractivity contribution is -0.137. The number of halogens is 3. The number of carbonyl (C=O) groups is 1. The minimum Gasteiger partial charge on any atom is -0.616 e. The van der Waals surface area contributed by atoms with Gasteiger partial charge in [0.05, 0.1) is 24.7 Å². The summed E-state index contributed by atoms with van der Waals surface area (Å²) in [4.78, 5) is 26.2. The van der Waals surface area contributed by atoms with Crippen LogP contribution in [0, 0.1) is 0 Å². The molecule has 0 radical (unpaired) electrons. The van der Waals surface area contributed by atoms with Gasteiger partial charge in [-0.3, -0.25) is 10.1 Å². The maximum Gasteiger partial charge on any atom is 0.416 e. The molecule has 36 heavy (non-hydrogen) atoms. The molecule has 1 amide bonds. The molecule has 14 heteroatoms. The molecule has 0 aliphatic carbocycles. The second-order valence-corrected chi connectivity index (χ2v) is 10.8. The van der Waals surface area contributed by atoms with Crippen LogP contribution >= 0.6 is 11.3 Å². The highest BCUT2D eigenvalue weighted by atomic mass is 32.2.